The minimum atomic E-state index is -0.247. The predicted octanol–water partition coefficient (Wildman–Crippen LogP) is 2.01. The highest BCUT2D eigenvalue weighted by Gasteiger charge is 2.17. The molecule has 0 amide bonds. The molecule has 0 aliphatic rings. The molecule has 0 heterocycles. The SMILES string of the molecule is C=C[C@H](COCc1ccccc1)[C@H](CO)OC. The van der Waals surface area contributed by atoms with Gasteiger partial charge in [0.25, 0.3) is 0 Å². The summed E-state index contributed by atoms with van der Waals surface area (Å²) in [5, 5.41) is 9.12. The van der Waals surface area contributed by atoms with Crippen LogP contribution in [-0.2, 0) is 16.1 Å². The van der Waals surface area contributed by atoms with Gasteiger partial charge in [-0.1, -0.05) is 36.4 Å². The highest BCUT2D eigenvalue weighted by atomic mass is 16.5. The Morgan fingerprint density at radius 1 is 1.35 bits per heavy atom. The first kappa shape index (κ1) is 13.9. The van der Waals surface area contributed by atoms with Crippen LogP contribution in [0.2, 0.25) is 0 Å². The second-order valence-corrected chi connectivity index (χ2v) is 3.86. The fourth-order valence-corrected chi connectivity index (χ4v) is 1.60. The lowest BCUT2D eigenvalue weighted by atomic mass is 10.0. The Kier molecular flexibility index (Phi) is 6.55. The van der Waals surface area contributed by atoms with E-state index in [1.807, 2.05) is 30.3 Å². The molecule has 0 bridgehead atoms. The van der Waals surface area contributed by atoms with Crippen LogP contribution in [0, 0.1) is 5.92 Å². The Morgan fingerprint density at radius 2 is 2.06 bits per heavy atom. The van der Waals surface area contributed by atoms with Crippen LogP contribution in [0.25, 0.3) is 0 Å². The summed E-state index contributed by atoms with van der Waals surface area (Å²) < 4.78 is 10.7. The number of benzene rings is 1. The van der Waals surface area contributed by atoms with Crippen molar-refractivity contribution in [2.24, 2.45) is 5.92 Å². The maximum absolute atomic E-state index is 9.12. The van der Waals surface area contributed by atoms with Gasteiger partial charge in [0.05, 0.1) is 25.9 Å². The summed E-state index contributed by atoms with van der Waals surface area (Å²) in [7, 11) is 1.58. The maximum Gasteiger partial charge on any atom is 0.0886 e. The lowest BCUT2D eigenvalue weighted by Gasteiger charge is -2.21. The standard InChI is InChI=1S/C14H20O3/c1-3-13(14(9-15)16-2)11-17-10-12-7-5-4-6-8-12/h3-8,13-15H,1,9-11H2,2H3/t13-,14+/m1/s1. The zero-order valence-electron chi connectivity index (χ0n) is 10.2. The van der Waals surface area contributed by atoms with E-state index in [4.69, 9.17) is 14.6 Å². The number of aliphatic hydroxyl groups is 1. The molecule has 1 N–H and O–H groups in total. The van der Waals surface area contributed by atoms with Crippen molar-refractivity contribution in [2.45, 2.75) is 12.7 Å². The topological polar surface area (TPSA) is 38.7 Å². The molecule has 0 aliphatic carbocycles. The average molecular weight is 236 g/mol. The lowest BCUT2D eigenvalue weighted by molar-refractivity contribution is -0.0136. The lowest BCUT2D eigenvalue weighted by Crippen LogP contribution is -2.28. The minimum absolute atomic E-state index is 0.00807. The Bertz CT molecular complexity index is 307. The number of ether oxygens (including phenoxy) is 2. The Labute approximate surface area is 103 Å². The summed E-state index contributed by atoms with van der Waals surface area (Å²) in [6.45, 7) is 4.77. The van der Waals surface area contributed by atoms with E-state index < -0.39 is 0 Å². The Hall–Kier alpha value is -1.16. The van der Waals surface area contributed by atoms with Gasteiger partial charge in [-0.15, -0.1) is 6.58 Å². The molecule has 0 unspecified atom stereocenters. The molecule has 94 valence electrons. The molecule has 1 aromatic rings. The van der Waals surface area contributed by atoms with Crippen LogP contribution in [0.3, 0.4) is 0 Å². The van der Waals surface area contributed by atoms with Crippen molar-refractivity contribution in [3.05, 3.63) is 48.6 Å². The first-order valence-electron chi connectivity index (χ1n) is 5.69. The number of rotatable bonds is 8. The van der Waals surface area contributed by atoms with Crippen LogP contribution in [-0.4, -0.2) is 31.5 Å². The summed E-state index contributed by atoms with van der Waals surface area (Å²) in [5.41, 5.74) is 1.13. The van der Waals surface area contributed by atoms with Gasteiger partial charge in [-0.3, -0.25) is 0 Å². The van der Waals surface area contributed by atoms with Crippen LogP contribution >= 0.6 is 0 Å². The minimum Gasteiger partial charge on any atom is -0.394 e. The maximum atomic E-state index is 9.12. The molecule has 0 saturated carbocycles. The number of methoxy groups -OCH3 is 1. The number of hydrogen-bond acceptors (Lipinski definition) is 3. The third-order valence-electron chi connectivity index (χ3n) is 2.68. The average Bonchev–Trinajstić information content (AvgIpc) is 2.39. The first-order chi connectivity index (χ1) is 8.31. The van der Waals surface area contributed by atoms with Crippen LogP contribution in [0.4, 0.5) is 0 Å². The van der Waals surface area contributed by atoms with Gasteiger partial charge in [0.1, 0.15) is 0 Å². The first-order valence-corrected chi connectivity index (χ1v) is 5.69. The summed E-state index contributed by atoms with van der Waals surface area (Å²) in [5.74, 6) is 0.00807. The predicted molar refractivity (Wildman–Crippen MR) is 67.7 cm³/mol. The van der Waals surface area contributed by atoms with Crippen LogP contribution in [0.5, 0.6) is 0 Å². The number of hydrogen-bond donors (Lipinski definition) is 1. The van der Waals surface area contributed by atoms with Crippen molar-refractivity contribution in [1.29, 1.82) is 0 Å². The van der Waals surface area contributed by atoms with Crippen molar-refractivity contribution in [3.8, 4) is 0 Å². The van der Waals surface area contributed by atoms with Gasteiger partial charge in [-0.2, -0.15) is 0 Å². The highest BCUT2D eigenvalue weighted by Crippen LogP contribution is 2.10. The summed E-state index contributed by atoms with van der Waals surface area (Å²) in [6, 6.07) is 9.97. The van der Waals surface area contributed by atoms with E-state index in [2.05, 4.69) is 6.58 Å². The van der Waals surface area contributed by atoms with E-state index in [1.165, 1.54) is 0 Å². The molecule has 3 heteroatoms. The monoisotopic (exact) mass is 236 g/mol. The fourth-order valence-electron chi connectivity index (χ4n) is 1.60. The summed E-state index contributed by atoms with van der Waals surface area (Å²) >= 11 is 0. The van der Waals surface area contributed by atoms with E-state index in [1.54, 1.807) is 13.2 Å². The second kappa shape index (κ2) is 8.01. The summed E-state index contributed by atoms with van der Waals surface area (Å²) in [6.07, 6.45) is 1.51. The largest absolute Gasteiger partial charge is 0.394 e. The van der Waals surface area contributed by atoms with E-state index in [-0.39, 0.29) is 18.6 Å². The molecule has 0 aliphatic heterocycles. The molecule has 2 atom stereocenters. The summed E-state index contributed by atoms with van der Waals surface area (Å²) in [4.78, 5) is 0. The molecule has 17 heavy (non-hydrogen) atoms. The quantitative estimate of drug-likeness (QED) is 0.702. The van der Waals surface area contributed by atoms with E-state index in [9.17, 15) is 0 Å². The zero-order valence-corrected chi connectivity index (χ0v) is 10.2. The Balaban J connectivity index is 2.35. The van der Waals surface area contributed by atoms with Gasteiger partial charge < -0.3 is 14.6 Å². The molecule has 0 aromatic heterocycles. The van der Waals surface area contributed by atoms with Crippen molar-refractivity contribution in [2.75, 3.05) is 20.3 Å². The smallest absolute Gasteiger partial charge is 0.0886 e. The molecule has 1 rings (SSSR count). The molecule has 0 fully saturated rings. The van der Waals surface area contributed by atoms with Gasteiger partial charge in [0, 0.05) is 13.0 Å². The van der Waals surface area contributed by atoms with Crippen molar-refractivity contribution >= 4 is 0 Å². The zero-order chi connectivity index (χ0) is 12.5. The van der Waals surface area contributed by atoms with Crippen molar-refractivity contribution in [3.63, 3.8) is 0 Å². The van der Waals surface area contributed by atoms with Crippen molar-refractivity contribution < 1.29 is 14.6 Å². The van der Waals surface area contributed by atoms with Gasteiger partial charge in [-0.25, -0.2) is 0 Å². The third-order valence-corrected chi connectivity index (χ3v) is 2.68. The van der Waals surface area contributed by atoms with Gasteiger partial charge in [0.2, 0.25) is 0 Å². The molecule has 3 nitrogen and oxygen atoms in total. The molecule has 1 aromatic carbocycles. The van der Waals surface area contributed by atoms with E-state index in [0.717, 1.165) is 5.56 Å². The molecule has 0 radical (unpaired) electrons. The molecule has 0 spiro atoms. The van der Waals surface area contributed by atoms with Crippen LogP contribution in [0.1, 0.15) is 5.56 Å². The van der Waals surface area contributed by atoms with E-state index in [0.29, 0.717) is 13.2 Å². The molecular weight excluding hydrogens is 216 g/mol. The van der Waals surface area contributed by atoms with Gasteiger partial charge >= 0.3 is 0 Å². The second-order valence-electron chi connectivity index (χ2n) is 3.86. The van der Waals surface area contributed by atoms with E-state index >= 15 is 0 Å². The normalized spacial score (nSPS) is 14.2. The molecule has 0 saturated heterocycles. The van der Waals surface area contributed by atoms with Crippen LogP contribution in [0.15, 0.2) is 43.0 Å². The Morgan fingerprint density at radius 3 is 2.59 bits per heavy atom. The van der Waals surface area contributed by atoms with Gasteiger partial charge in [-0.05, 0) is 5.56 Å². The van der Waals surface area contributed by atoms with Crippen LogP contribution < -0.4 is 0 Å². The fraction of sp³-hybridized carbons (Fsp3) is 0.429. The number of aliphatic hydroxyl groups excluding tert-OH is 1. The highest BCUT2D eigenvalue weighted by molar-refractivity contribution is 5.13. The third kappa shape index (κ3) is 4.69. The van der Waals surface area contributed by atoms with Crippen molar-refractivity contribution in [1.82, 2.24) is 0 Å². The molecular formula is C14H20O3. The van der Waals surface area contributed by atoms with Gasteiger partial charge in [0.15, 0.2) is 0 Å².